The lowest BCUT2D eigenvalue weighted by Gasteiger charge is -2.07. The number of halogens is 2. The van der Waals surface area contributed by atoms with Gasteiger partial charge in [-0.25, -0.2) is 4.79 Å². The molecular weight excluding hydrogens is 377 g/mol. The largest absolute Gasteiger partial charge is 0.462 e. The number of nitrogens with one attached hydrogen (secondary N) is 1. The first-order valence-electron chi connectivity index (χ1n) is 7.09. The van der Waals surface area contributed by atoms with Crippen molar-refractivity contribution in [3.63, 3.8) is 0 Å². The lowest BCUT2D eigenvalue weighted by atomic mass is 10.1. The first-order chi connectivity index (χ1) is 11.0. The lowest BCUT2D eigenvalue weighted by molar-refractivity contribution is 0.0527. The zero-order valence-electron chi connectivity index (χ0n) is 12.2. The summed E-state index contributed by atoms with van der Waals surface area (Å²) in [4.78, 5) is 25.8. The summed E-state index contributed by atoms with van der Waals surface area (Å²) in [5.41, 5.74) is 1.79. The van der Waals surface area contributed by atoms with Crippen LogP contribution in [0.3, 0.4) is 0 Å². The van der Waals surface area contributed by atoms with E-state index in [0.717, 1.165) is 41.0 Å². The number of carbonyl (C=O) groups is 2. The van der Waals surface area contributed by atoms with Crippen LogP contribution in [-0.2, 0) is 17.6 Å². The minimum Gasteiger partial charge on any atom is -0.462 e. The average molecular weight is 390 g/mol. The van der Waals surface area contributed by atoms with Gasteiger partial charge >= 0.3 is 5.97 Å². The van der Waals surface area contributed by atoms with Crippen LogP contribution in [0.5, 0.6) is 0 Å². The fourth-order valence-corrected chi connectivity index (χ4v) is 5.31. The molecule has 0 unspecified atom stereocenters. The Morgan fingerprint density at radius 3 is 2.74 bits per heavy atom. The molecule has 122 valence electrons. The van der Waals surface area contributed by atoms with Gasteiger partial charge in [-0.15, -0.1) is 22.7 Å². The van der Waals surface area contributed by atoms with Gasteiger partial charge in [-0.2, -0.15) is 0 Å². The Labute approximate surface area is 151 Å². The minimum absolute atomic E-state index is 0.294. The zero-order chi connectivity index (χ0) is 16.6. The Balaban J connectivity index is 1.92. The molecule has 4 nitrogen and oxygen atoms in total. The van der Waals surface area contributed by atoms with Crippen LogP contribution in [0.1, 0.15) is 44.5 Å². The number of anilines is 1. The second kappa shape index (κ2) is 6.81. The molecule has 2 aromatic heterocycles. The predicted octanol–water partition coefficient (Wildman–Crippen LogP) is 5.03. The van der Waals surface area contributed by atoms with Crippen LogP contribution in [0, 0.1) is 0 Å². The molecule has 1 aliphatic rings. The molecule has 1 amide bonds. The molecule has 2 heterocycles. The molecular formula is C15H13Cl2NO3S2. The number of thiophene rings is 2. The number of carbonyl (C=O) groups excluding carboxylic acids is 2. The number of ether oxygens (including phenoxy) is 1. The maximum atomic E-state index is 12.4. The Hall–Kier alpha value is -1.08. The van der Waals surface area contributed by atoms with Crippen LogP contribution in [-0.4, -0.2) is 18.5 Å². The number of aryl methyl sites for hydroxylation is 1. The van der Waals surface area contributed by atoms with Gasteiger partial charge in [0.25, 0.3) is 5.91 Å². The third-order valence-electron chi connectivity index (χ3n) is 3.53. The molecule has 0 bridgehead atoms. The van der Waals surface area contributed by atoms with Crippen molar-refractivity contribution >= 4 is 62.8 Å². The van der Waals surface area contributed by atoms with Crippen LogP contribution in [0.4, 0.5) is 5.00 Å². The fourth-order valence-electron chi connectivity index (χ4n) is 2.58. The predicted molar refractivity (Wildman–Crippen MR) is 94.6 cm³/mol. The van der Waals surface area contributed by atoms with E-state index in [4.69, 9.17) is 27.9 Å². The Bertz CT molecular complexity index is 782. The van der Waals surface area contributed by atoms with Gasteiger partial charge in [0.15, 0.2) is 0 Å². The van der Waals surface area contributed by atoms with Gasteiger partial charge < -0.3 is 10.1 Å². The number of fused-ring (bicyclic) bond motifs is 1. The monoisotopic (exact) mass is 389 g/mol. The summed E-state index contributed by atoms with van der Waals surface area (Å²) in [6, 6.07) is 1.52. The molecule has 0 atom stereocenters. The summed E-state index contributed by atoms with van der Waals surface area (Å²) in [5, 5.41) is 3.32. The molecule has 0 saturated heterocycles. The van der Waals surface area contributed by atoms with Crippen LogP contribution in [0.2, 0.25) is 8.67 Å². The lowest BCUT2D eigenvalue weighted by Crippen LogP contribution is -2.15. The van der Waals surface area contributed by atoms with Crippen LogP contribution in [0.25, 0.3) is 0 Å². The van der Waals surface area contributed by atoms with Crippen molar-refractivity contribution in [3.05, 3.63) is 36.3 Å². The summed E-state index contributed by atoms with van der Waals surface area (Å²) in [6.07, 6.45) is 2.78. The molecule has 1 N–H and O–H groups in total. The third kappa shape index (κ3) is 3.26. The highest BCUT2D eigenvalue weighted by atomic mass is 35.5. The van der Waals surface area contributed by atoms with E-state index < -0.39 is 5.97 Å². The van der Waals surface area contributed by atoms with E-state index in [2.05, 4.69) is 5.32 Å². The summed E-state index contributed by atoms with van der Waals surface area (Å²) < 4.78 is 5.91. The van der Waals surface area contributed by atoms with Crippen LogP contribution >= 0.6 is 45.9 Å². The molecule has 0 aromatic carbocycles. The van der Waals surface area contributed by atoms with E-state index in [1.54, 1.807) is 6.92 Å². The van der Waals surface area contributed by atoms with Crippen molar-refractivity contribution in [1.82, 2.24) is 0 Å². The van der Waals surface area contributed by atoms with Crippen molar-refractivity contribution < 1.29 is 14.3 Å². The van der Waals surface area contributed by atoms with Crippen molar-refractivity contribution in [2.24, 2.45) is 0 Å². The maximum Gasteiger partial charge on any atom is 0.341 e. The van der Waals surface area contributed by atoms with Crippen LogP contribution < -0.4 is 5.32 Å². The van der Waals surface area contributed by atoms with Gasteiger partial charge in [-0.05, 0) is 37.8 Å². The Morgan fingerprint density at radius 2 is 2.09 bits per heavy atom. The van der Waals surface area contributed by atoms with Gasteiger partial charge in [0, 0.05) is 4.88 Å². The molecule has 2 aromatic rings. The summed E-state index contributed by atoms with van der Waals surface area (Å²) in [6.45, 7) is 2.05. The first-order valence-corrected chi connectivity index (χ1v) is 9.48. The van der Waals surface area contributed by atoms with E-state index in [-0.39, 0.29) is 5.91 Å². The van der Waals surface area contributed by atoms with Gasteiger partial charge in [0.1, 0.15) is 9.34 Å². The second-order valence-electron chi connectivity index (χ2n) is 4.97. The molecule has 0 radical (unpaired) electrons. The minimum atomic E-state index is -0.392. The van der Waals surface area contributed by atoms with E-state index in [1.165, 1.54) is 17.4 Å². The number of hydrogen-bond acceptors (Lipinski definition) is 5. The van der Waals surface area contributed by atoms with E-state index >= 15 is 0 Å². The van der Waals surface area contributed by atoms with Crippen LogP contribution in [0.15, 0.2) is 6.07 Å². The van der Waals surface area contributed by atoms with E-state index in [1.807, 2.05) is 0 Å². The third-order valence-corrected chi connectivity index (χ3v) is 6.22. The van der Waals surface area contributed by atoms with Crippen molar-refractivity contribution in [3.8, 4) is 0 Å². The quantitative estimate of drug-likeness (QED) is 0.745. The normalized spacial score (nSPS) is 13.0. The molecule has 8 heteroatoms. The molecule has 23 heavy (non-hydrogen) atoms. The zero-order valence-corrected chi connectivity index (χ0v) is 15.3. The molecule has 1 aliphatic carbocycles. The number of esters is 1. The standard InChI is InChI=1S/C15H13Cl2NO3S2/c1-2-21-15(20)11-7-4-3-5-9(7)22-14(11)18-13(19)8-6-10(16)23-12(8)17/h6H,2-5H2,1H3,(H,18,19). The van der Waals surface area contributed by atoms with E-state index in [0.29, 0.717) is 31.4 Å². The highest BCUT2D eigenvalue weighted by Crippen LogP contribution is 2.40. The number of rotatable bonds is 4. The maximum absolute atomic E-state index is 12.4. The van der Waals surface area contributed by atoms with Gasteiger partial charge in [-0.1, -0.05) is 23.2 Å². The average Bonchev–Trinajstić information content (AvgIpc) is 3.13. The summed E-state index contributed by atoms with van der Waals surface area (Å²) in [7, 11) is 0. The SMILES string of the molecule is CCOC(=O)c1c(NC(=O)c2cc(Cl)sc2Cl)sc2c1CCC2. The van der Waals surface area contributed by atoms with E-state index in [9.17, 15) is 9.59 Å². The molecule has 3 rings (SSSR count). The van der Waals surface area contributed by atoms with Gasteiger partial charge in [0.2, 0.25) is 0 Å². The Kier molecular flexibility index (Phi) is 4.96. The molecule has 0 saturated carbocycles. The van der Waals surface area contributed by atoms with Crippen molar-refractivity contribution in [2.75, 3.05) is 11.9 Å². The first kappa shape index (κ1) is 16.8. The number of amides is 1. The molecule has 0 aliphatic heterocycles. The van der Waals surface area contributed by atoms with Gasteiger partial charge in [-0.3, -0.25) is 4.79 Å². The molecule has 0 fully saturated rings. The summed E-state index contributed by atoms with van der Waals surface area (Å²) >= 11 is 14.5. The summed E-state index contributed by atoms with van der Waals surface area (Å²) in [5.74, 6) is -0.764. The topological polar surface area (TPSA) is 55.4 Å². The molecule has 0 spiro atoms. The second-order valence-corrected chi connectivity index (χ2v) is 8.36. The highest BCUT2D eigenvalue weighted by Gasteiger charge is 2.29. The fraction of sp³-hybridized carbons (Fsp3) is 0.333. The smallest absolute Gasteiger partial charge is 0.341 e. The van der Waals surface area contributed by atoms with Crippen molar-refractivity contribution in [2.45, 2.75) is 26.2 Å². The van der Waals surface area contributed by atoms with Gasteiger partial charge in [0.05, 0.1) is 22.1 Å². The Morgan fingerprint density at radius 1 is 1.30 bits per heavy atom. The highest BCUT2D eigenvalue weighted by molar-refractivity contribution is 7.20. The number of hydrogen-bond donors (Lipinski definition) is 1. The van der Waals surface area contributed by atoms with Crippen molar-refractivity contribution in [1.29, 1.82) is 0 Å².